The number of ether oxygens (including phenoxy) is 2. The molecule has 78 valence electrons. The summed E-state index contributed by atoms with van der Waals surface area (Å²) < 4.78 is 10.6. The molecular formula is C10H15NO3. The van der Waals surface area contributed by atoms with Crippen LogP contribution in [-0.4, -0.2) is 13.7 Å². The number of hydrogen-bond donors (Lipinski definition) is 1. The monoisotopic (exact) mass is 197 g/mol. The largest absolute Gasteiger partial charge is 0.496 e. The Bertz CT molecular complexity index is 289. The van der Waals surface area contributed by atoms with Crippen LogP contribution in [0.4, 0.5) is 0 Å². The molecule has 0 saturated heterocycles. The predicted molar refractivity (Wildman–Crippen MR) is 53.1 cm³/mol. The molecule has 14 heavy (non-hydrogen) atoms. The fourth-order valence-electron chi connectivity index (χ4n) is 1.25. The third-order valence-electron chi connectivity index (χ3n) is 1.84. The fraction of sp³-hybridized carbons (Fsp3) is 0.400. The van der Waals surface area contributed by atoms with E-state index in [1.165, 1.54) is 0 Å². The molecule has 4 heteroatoms. The second-order valence-corrected chi connectivity index (χ2v) is 2.68. The molecular weight excluding hydrogens is 182 g/mol. The Morgan fingerprint density at radius 1 is 1.29 bits per heavy atom. The Morgan fingerprint density at radius 2 is 2.00 bits per heavy atom. The van der Waals surface area contributed by atoms with Gasteiger partial charge in [0.25, 0.3) is 0 Å². The van der Waals surface area contributed by atoms with Crippen LogP contribution in [0.25, 0.3) is 0 Å². The van der Waals surface area contributed by atoms with E-state index < -0.39 is 0 Å². The summed E-state index contributed by atoms with van der Waals surface area (Å²) in [6.45, 7) is 2.80. The molecule has 0 amide bonds. The lowest BCUT2D eigenvalue weighted by Gasteiger charge is -2.12. The van der Waals surface area contributed by atoms with E-state index in [1.54, 1.807) is 7.11 Å². The van der Waals surface area contributed by atoms with Gasteiger partial charge in [0.05, 0.1) is 19.3 Å². The van der Waals surface area contributed by atoms with Gasteiger partial charge in [-0.25, -0.2) is 5.90 Å². The van der Waals surface area contributed by atoms with Crippen LogP contribution in [-0.2, 0) is 11.4 Å². The highest BCUT2D eigenvalue weighted by molar-refractivity contribution is 5.44. The number of nitrogens with two attached hydrogens (primary N) is 1. The van der Waals surface area contributed by atoms with Crippen molar-refractivity contribution in [2.24, 2.45) is 5.90 Å². The van der Waals surface area contributed by atoms with Gasteiger partial charge in [0, 0.05) is 0 Å². The molecule has 4 nitrogen and oxygen atoms in total. The molecule has 2 N–H and O–H groups in total. The third-order valence-corrected chi connectivity index (χ3v) is 1.84. The lowest BCUT2D eigenvalue weighted by Crippen LogP contribution is -2.04. The molecule has 0 heterocycles. The van der Waals surface area contributed by atoms with E-state index >= 15 is 0 Å². The molecule has 0 bridgehead atoms. The van der Waals surface area contributed by atoms with Crippen LogP contribution in [0.15, 0.2) is 18.2 Å². The Labute approximate surface area is 83.5 Å². The minimum absolute atomic E-state index is 0.277. The van der Waals surface area contributed by atoms with Crippen LogP contribution >= 0.6 is 0 Å². The predicted octanol–water partition coefficient (Wildman–Crippen LogP) is 1.48. The van der Waals surface area contributed by atoms with Crippen LogP contribution < -0.4 is 15.4 Å². The maximum Gasteiger partial charge on any atom is 0.128 e. The summed E-state index contributed by atoms with van der Waals surface area (Å²) >= 11 is 0. The van der Waals surface area contributed by atoms with Crippen molar-refractivity contribution in [2.75, 3.05) is 13.7 Å². The molecule has 1 aromatic carbocycles. The molecule has 1 rings (SSSR count). The van der Waals surface area contributed by atoms with Crippen molar-refractivity contribution in [3.05, 3.63) is 23.8 Å². The molecule has 0 aliphatic rings. The van der Waals surface area contributed by atoms with Gasteiger partial charge in [0.1, 0.15) is 18.1 Å². The summed E-state index contributed by atoms with van der Waals surface area (Å²) in [6.07, 6.45) is 0. The zero-order chi connectivity index (χ0) is 10.4. The molecule has 0 fully saturated rings. The van der Waals surface area contributed by atoms with Gasteiger partial charge in [-0.3, -0.25) is 4.84 Å². The van der Waals surface area contributed by atoms with Crippen molar-refractivity contribution >= 4 is 0 Å². The molecule has 0 atom stereocenters. The van der Waals surface area contributed by atoms with Crippen LogP contribution in [0.2, 0.25) is 0 Å². The first-order valence-electron chi connectivity index (χ1n) is 4.43. The maximum atomic E-state index is 5.42. The Kier molecular flexibility index (Phi) is 4.22. The number of hydrogen-bond acceptors (Lipinski definition) is 4. The van der Waals surface area contributed by atoms with Crippen molar-refractivity contribution in [3.63, 3.8) is 0 Å². The minimum Gasteiger partial charge on any atom is -0.496 e. The van der Waals surface area contributed by atoms with E-state index in [1.807, 2.05) is 25.1 Å². The Morgan fingerprint density at radius 3 is 2.57 bits per heavy atom. The second-order valence-electron chi connectivity index (χ2n) is 2.68. The molecule has 0 unspecified atom stereocenters. The van der Waals surface area contributed by atoms with Gasteiger partial charge in [-0.05, 0) is 19.1 Å². The average molecular weight is 197 g/mol. The van der Waals surface area contributed by atoms with Gasteiger partial charge in [-0.15, -0.1) is 0 Å². The number of methoxy groups -OCH3 is 1. The Balaban J connectivity index is 3.00. The average Bonchev–Trinajstić information content (AvgIpc) is 2.21. The summed E-state index contributed by atoms with van der Waals surface area (Å²) in [6, 6.07) is 5.57. The zero-order valence-electron chi connectivity index (χ0n) is 8.45. The van der Waals surface area contributed by atoms with Gasteiger partial charge in [0.2, 0.25) is 0 Å². The molecule has 0 spiro atoms. The van der Waals surface area contributed by atoms with E-state index in [0.29, 0.717) is 6.61 Å². The fourth-order valence-corrected chi connectivity index (χ4v) is 1.25. The van der Waals surface area contributed by atoms with E-state index in [-0.39, 0.29) is 6.61 Å². The normalized spacial score (nSPS) is 9.93. The summed E-state index contributed by atoms with van der Waals surface area (Å²) in [7, 11) is 1.60. The summed E-state index contributed by atoms with van der Waals surface area (Å²) in [5.41, 5.74) is 0.833. The van der Waals surface area contributed by atoms with Crippen molar-refractivity contribution < 1.29 is 14.3 Å². The molecule has 1 aromatic rings. The van der Waals surface area contributed by atoms with E-state index in [9.17, 15) is 0 Å². The zero-order valence-corrected chi connectivity index (χ0v) is 8.45. The van der Waals surface area contributed by atoms with Crippen molar-refractivity contribution in [3.8, 4) is 11.5 Å². The first-order chi connectivity index (χ1) is 6.83. The summed E-state index contributed by atoms with van der Waals surface area (Å²) in [5, 5.41) is 0. The molecule has 0 aliphatic carbocycles. The van der Waals surface area contributed by atoms with E-state index in [2.05, 4.69) is 4.84 Å². The second kappa shape index (κ2) is 5.47. The lowest BCUT2D eigenvalue weighted by atomic mass is 10.2. The highest BCUT2D eigenvalue weighted by Gasteiger charge is 2.09. The van der Waals surface area contributed by atoms with Gasteiger partial charge in [-0.1, -0.05) is 6.07 Å². The first kappa shape index (κ1) is 10.8. The van der Waals surface area contributed by atoms with E-state index in [0.717, 1.165) is 17.1 Å². The molecule has 0 radical (unpaired) electrons. The number of rotatable bonds is 5. The molecule has 0 aromatic heterocycles. The molecule has 0 saturated carbocycles. The standard InChI is InChI=1S/C10H15NO3/c1-3-13-10-6-4-5-9(12-2)8(10)7-14-11/h4-6H,3,7,11H2,1-2H3. The minimum atomic E-state index is 0.277. The summed E-state index contributed by atoms with van der Waals surface area (Å²) in [4.78, 5) is 4.60. The van der Waals surface area contributed by atoms with Crippen LogP contribution in [0.1, 0.15) is 12.5 Å². The van der Waals surface area contributed by atoms with Crippen molar-refractivity contribution in [2.45, 2.75) is 13.5 Å². The van der Waals surface area contributed by atoms with Gasteiger partial charge in [-0.2, -0.15) is 0 Å². The molecule has 0 aliphatic heterocycles. The quantitative estimate of drug-likeness (QED) is 0.726. The summed E-state index contributed by atoms with van der Waals surface area (Å²) in [5.74, 6) is 6.51. The van der Waals surface area contributed by atoms with Crippen LogP contribution in [0.3, 0.4) is 0 Å². The maximum absolute atomic E-state index is 5.42. The van der Waals surface area contributed by atoms with Gasteiger partial charge >= 0.3 is 0 Å². The lowest BCUT2D eigenvalue weighted by molar-refractivity contribution is 0.119. The SMILES string of the molecule is CCOc1cccc(OC)c1CON. The van der Waals surface area contributed by atoms with Crippen LogP contribution in [0, 0.1) is 0 Å². The van der Waals surface area contributed by atoms with Gasteiger partial charge in [0.15, 0.2) is 0 Å². The van der Waals surface area contributed by atoms with Gasteiger partial charge < -0.3 is 9.47 Å². The van der Waals surface area contributed by atoms with Crippen LogP contribution in [0.5, 0.6) is 11.5 Å². The first-order valence-corrected chi connectivity index (χ1v) is 4.43. The third kappa shape index (κ3) is 2.37. The topological polar surface area (TPSA) is 53.7 Å². The highest BCUT2D eigenvalue weighted by Crippen LogP contribution is 2.28. The smallest absolute Gasteiger partial charge is 0.128 e. The van der Waals surface area contributed by atoms with E-state index in [4.69, 9.17) is 15.4 Å². The Hall–Kier alpha value is -1.26. The highest BCUT2D eigenvalue weighted by atomic mass is 16.6. The van der Waals surface area contributed by atoms with Crippen molar-refractivity contribution in [1.29, 1.82) is 0 Å². The van der Waals surface area contributed by atoms with Crippen molar-refractivity contribution in [1.82, 2.24) is 0 Å². The number of benzene rings is 1.